The number of benzene rings is 9. The van der Waals surface area contributed by atoms with Gasteiger partial charge in [-0.05, 0) is 125 Å². The van der Waals surface area contributed by atoms with E-state index in [4.69, 9.17) is 8.22 Å². The van der Waals surface area contributed by atoms with Crippen LogP contribution < -0.4 is 4.90 Å². The third-order valence-electron chi connectivity index (χ3n) is 12.2. The number of rotatable bonds is 13. The number of allylic oxidation sites excluding steroid dienone is 6. The molecule has 0 spiro atoms. The predicted octanol–water partition coefficient (Wildman–Crippen LogP) is 16.6. The highest BCUT2D eigenvalue weighted by Gasteiger charge is 2.46. The number of hydrogen-bond acceptors (Lipinski definition) is 1. The second kappa shape index (κ2) is 17.4. The molecule has 1 heteroatoms. The van der Waals surface area contributed by atoms with Gasteiger partial charge in [0.25, 0.3) is 0 Å². The zero-order valence-corrected chi connectivity index (χ0v) is 35.2. The molecule has 1 nitrogen and oxygen atoms in total. The van der Waals surface area contributed by atoms with Gasteiger partial charge in [-0.25, -0.2) is 0 Å². The van der Waals surface area contributed by atoms with E-state index >= 15 is 0 Å². The first-order valence-electron chi connectivity index (χ1n) is 25.7. The van der Waals surface area contributed by atoms with Crippen molar-refractivity contribution in [3.05, 3.63) is 295 Å². The molecule has 1 aliphatic carbocycles. The van der Waals surface area contributed by atoms with E-state index in [1.165, 1.54) is 0 Å². The molecule has 64 heavy (non-hydrogen) atoms. The quantitative estimate of drug-likeness (QED) is 0.105. The number of fused-ring (bicyclic) bond motifs is 4. The van der Waals surface area contributed by atoms with Crippen molar-refractivity contribution < 1.29 is 11.0 Å². The summed E-state index contributed by atoms with van der Waals surface area (Å²) in [5.74, 6) is 0. The van der Waals surface area contributed by atoms with Crippen molar-refractivity contribution in [2.24, 2.45) is 0 Å². The third kappa shape index (κ3) is 7.21. The second-order valence-corrected chi connectivity index (χ2v) is 15.8. The minimum atomic E-state index is -1.64. The van der Waals surface area contributed by atoms with Crippen LogP contribution in [0.25, 0.3) is 54.9 Å². The number of anilines is 1. The molecule has 0 aromatic heterocycles. The Labute approximate surface area is 388 Å². The van der Waals surface area contributed by atoms with Gasteiger partial charge in [-0.1, -0.05) is 226 Å². The lowest BCUT2D eigenvalue weighted by atomic mass is 9.67. The van der Waals surface area contributed by atoms with Gasteiger partial charge in [0.15, 0.2) is 0 Å². The Morgan fingerprint density at radius 2 is 1.19 bits per heavy atom. The monoisotopic (exact) mass is 827 g/mol. The molecule has 2 atom stereocenters. The van der Waals surface area contributed by atoms with Crippen LogP contribution in [-0.4, -0.2) is 0 Å². The molecule has 0 saturated heterocycles. The van der Waals surface area contributed by atoms with Crippen molar-refractivity contribution in [2.45, 2.75) is 18.2 Å². The third-order valence-corrected chi connectivity index (χ3v) is 12.2. The van der Waals surface area contributed by atoms with Crippen LogP contribution in [0, 0.1) is 0 Å². The summed E-state index contributed by atoms with van der Waals surface area (Å²) in [5.41, 5.74) is 7.87. The Bertz CT molecular complexity index is 3590. The molecule has 1 aliphatic rings. The first kappa shape index (κ1) is 31.8. The highest BCUT2D eigenvalue weighted by atomic mass is 15.1. The fourth-order valence-electron chi connectivity index (χ4n) is 9.27. The summed E-state index contributed by atoms with van der Waals surface area (Å²) in [6.45, 7) is 6.26. The average molecular weight is 828 g/mol. The van der Waals surface area contributed by atoms with E-state index in [0.29, 0.717) is 11.3 Å². The molecule has 0 heterocycles. The van der Waals surface area contributed by atoms with Gasteiger partial charge < -0.3 is 4.90 Å². The van der Waals surface area contributed by atoms with Crippen LogP contribution in [0.2, 0.25) is 0 Å². The maximum absolute atomic E-state index is 9.94. The summed E-state index contributed by atoms with van der Waals surface area (Å²) in [4.78, 5) is 1.76. The molecule has 0 amide bonds. The first-order valence-corrected chi connectivity index (χ1v) is 21.4. The van der Waals surface area contributed by atoms with E-state index in [0.717, 1.165) is 79.2 Å². The summed E-state index contributed by atoms with van der Waals surface area (Å²) in [6, 6.07) is 63.0. The van der Waals surface area contributed by atoms with E-state index in [1.54, 1.807) is 35.2 Å². The minimum absolute atomic E-state index is 0.0727. The van der Waals surface area contributed by atoms with Gasteiger partial charge in [0, 0.05) is 20.3 Å². The highest BCUT2D eigenvalue weighted by molar-refractivity contribution is 6.13. The topological polar surface area (TPSA) is 3.24 Å². The Morgan fingerprint density at radius 3 is 1.89 bits per heavy atom. The van der Waals surface area contributed by atoms with Crippen LogP contribution in [-0.2, 0) is 5.41 Å². The molecular weight excluding hydrogens is 771 g/mol. The van der Waals surface area contributed by atoms with Gasteiger partial charge in [-0.15, -0.1) is 0 Å². The van der Waals surface area contributed by atoms with Crippen molar-refractivity contribution in [3.63, 3.8) is 0 Å². The Balaban J connectivity index is 1.16. The van der Waals surface area contributed by atoms with Crippen LogP contribution in [0.1, 0.15) is 51.6 Å². The van der Waals surface area contributed by atoms with Crippen molar-refractivity contribution in [1.29, 1.82) is 0 Å². The molecule has 10 rings (SSSR count). The van der Waals surface area contributed by atoms with E-state index in [9.17, 15) is 2.74 Å². The van der Waals surface area contributed by atoms with Crippen molar-refractivity contribution in [2.75, 3.05) is 4.90 Å². The van der Waals surface area contributed by atoms with Gasteiger partial charge in [-0.2, -0.15) is 0 Å². The first-order chi connectivity index (χ1) is 35.1. The fourth-order valence-corrected chi connectivity index (χ4v) is 9.27. The molecule has 306 valence electrons. The minimum Gasteiger partial charge on any atom is -0.321 e. The maximum atomic E-state index is 9.94. The van der Waals surface area contributed by atoms with E-state index in [2.05, 4.69) is 73.3 Å². The molecule has 9 aromatic carbocycles. The summed E-state index contributed by atoms with van der Waals surface area (Å²) in [5, 5.41) is 4.37. The van der Waals surface area contributed by atoms with Crippen molar-refractivity contribution in [1.82, 2.24) is 0 Å². The molecule has 0 saturated carbocycles. The largest absolute Gasteiger partial charge is 0.321 e. The highest BCUT2D eigenvalue weighted by Crippen LogP contribution is 2.55. The van der Waals surface area contributed by atoms with Crippen LogP contribution in [0.5, 0.6) is 0 Å². The van der Waals surface area contributed by atoms with Gasteiger partial charge >= 0.3 is 0 Å². The van der Waals surface area contributed by atoms with E-state index in [-0.39, 0.29) is 34.5 Å². The summed E-state index contributed by atoms with van der Waals surface area (Å²) >= 11 is 0. The molecule has 0 aliphatic heterocycles. The van der Waals surface area contributed by atoms with Crippen LogP contribution in [0.15, 0.2) is 268 Å². The lowest BCUT2D eigenvalue weighted by Crippen LogP contribution is -2.29. The summed E-state index contributed by atoms with van der Waals surface area (Å²) < 4.78 is 73.8. The summed E-state index contributed by atoms with van der Waals surface area (Å²) in [6.07, 6.45) is 2.54. The van der Waals surface area contributed by atoms with E-state index < -0.39 is 30.3 Å². The van der Waals surface area contributed by atoms with Crippen LogP contribution >= 0.6 is 0 Å². The van der Waals surface area contributed by atoms with Crippen LogP contribution in [0.4, 0.5) is 5.69 Å². The predicted molar refractivity (Wildman–Crippen MR) is 274 cm³/mol. The number of nitrogens with zero attached hydrogens (tertiary/aromatic N) is 1. The van der Waals surface area contributed by atoms with Gasteiger partial charge in [0.05, 0.1) is 13.6 Å². The Hall–Kier alpha value is -8.00. The normalized spacial score (nSPS) is 16.4. The summed E-state index contributed by atoms with van der Waals surface area (Å²) in [7, 11) is 0. The van der Waals surface area contributed by atoms with Crippen molar-refractivity contribution in [3.8, 4) is 22.3 Å². The Morgan fingerprint density at radius 1 is 0.562 bits per heavy atom. The molecule has 9 aromatic rings. The average Bonchev–Trinajstić information content (AvgIpc) is 3.72. The standard InChI is InChI=1S/C63H49N/c1-4-55-59-33-18-19-34-61(59)63(52-25-10-6-11-26-52,53-27-12-7-13-28-53)62(55)41-42-64(46(3)36-35-45(2)47-37-39-49(40-38-47)48-21-8-5-9-22-48)54-29-20-24-50(43-54)60-44-51-23-14-15-30-56(51)57-31-16-17-32-58(57)60/h4-34,37-44H,1-3,35-36H2/b42-41+/i2D,3D,35D,36D,37D,38D,39D,40D/b42-41+,45-2?,46-3?. The molecule has 0 radical (unpaired) electrons. The smallest absolute Gasteiger partial charge is 0.0714 e. The van der Waals surface area contributed by atoms with Gasteiger partial charge in [0.2, 0.25) is 0 Å². The lowest BCUT2D eigenvalue weighted by molar-refractivity contribution is 0.760. The second-order valence-electron chi connectivity index (χ2n) is 15.8. The molecule has 2 unspecified atom stereocenters. The zero-order valence-electron chi connectivity index (χ0n) is 43.2. The van der Waals surface area contributed by atoms with Crippen LogP contribution in [0.3, 0.4) is 0 Å². The fraction of sp³-hybridized carbons (Fsp3) is 0.0476. The van der Waals surface area contributed by atoms with E-state index in [1.807, 2.05) is 115 Å². The molecular formula is C63H49N. The SMILES string of the molecule is [2H]C=C(c1c([2H])c([2H])c(-c2ccccc2)c([2H])c1[2H])C([2H])C([2H])C(=C[2H])N(/C=C/C1=C(C=C)c2ccccc2C1(c1ccccc1)c1ccccc1)c1cccc(-c2cc3ccccc3c3ccccc23)c1. The van der Waals surface area contributed by atoms with Gasteiger partial charge in [0.1, 0.15) is 0 Å². The Kier molecular flexibility index (Phi) is 8.64. The maximum Gasteiger partial charge on any atom is 0.0714 e. The molecule has 0 fully saturated rings. The zero-order chi connectivity index (χ0) is 50.1. The van der Waals surface area contributed by atoms with Gasteiger partial charge in [-0.3, -0.25) is 0 Å². The molecule has 0 bridgehead atoms. The lowest BCUT2D eigenvalue weighted by Gasteiger charge is -2.35. The van der Waals surface area contributed by atoms with Crippen molar-refractivity contribution >= 4 is 38.4 Å². The number of hydrogen-bond donors (Lipinski definition) is 0. The molecule has 0 N–H and O–H groups in total.